The number of esters is 1. The maximum Gasteiger partial charge on any atom is 0.344 e. The molecular weight excluding hydrogens is 234 g/mol. The molecule has 5 nitrogen and oxygen atoms in total. The molecule has 1 rings (SSSR count). The van der Waals surface area contributed by atoms with Gasteiger partial charge in [-0.3, -0.25) is 4.79 Å². The molecule has 0 aliphatic carbocycles. The van der Waals surface area contributed by atoms with Gasteiger partial charge in [-0.2, -0.15) is 0 Å². The Morgan fingerprint density at radius 3 is 2.17 bits per heavy atom. The van der Waals surface area contributed by atoms with Crippen molar-refractivity contribution < 1.29 is 19.1 Å². The lowest BCUT2D eigenvalue weighted by Gasteiger charge is -2.12. The molecule has 18 heavy (non-hydrogen) atoms. The maximum atomic E-state index is 11.3. The highest BCUT2D eigenvalue weighted by Gasteiger charge is 2.09. The van der Waals surface area contributed by atoms with Gasteiger partial charge in [0.05, 0.1) is 0 Å². The van der Waals surface area contributed by atoms with Gasteiger partial charge < -0.3 is 15.2 Å². The van der Waals surface area contributed by atoms with E-state index in [1.165, 1.54) is 0 Å². The van der Waals surface area contributed by atoms with Crippen LogP contribution < -0.4 is 10.5 Å². The van der Waals surface area contributed by atoms with Gasteiger partial charge in [-0.25, -0.2) is 4.79 Å². The first-order chi connectivity index (χ1) is 8.40. The van der Waals surface area contributed by atoms with Crippen molar-refractivity contribution >= 4 is 11.9 Å². The Morgan fingerprint density at radius 1 is 1.11 bits per heavy atom. The highest BCUT2D eigenvalue weighted by Crippen LogP contribution is 2.24. The third-order valence-electron chi connectivity index (χ3n) is 2.31. The summed E-state index contributed by atoms with van der Waals surface area (Å²) in [4.78, 5) is 21.7. The molecule has 0 saturated heterocycles. The lowest BCUT2D eigenvalue weighted by atomic mass is 10.1. The summed E-state index contributed by atoms with van der Waals surface area (Å²) in [6, 6.07) is 3.94. The van der Waals surface area contributed by atoms with E-state index in [1.807, 2.05) is 32.9 Å². The van der Waals surface area contributed by atoms with Crippen LogP contribution in [-0.2, 0) is 14.3 Å². The van der Waals surface area contributed by atoms with Gasteiger partial charge in [-0.05, 0) is 31.9 Å². The van der Waals surface area contributed by atoms with Crippen LogP contribution in [0.5, 0.6) is 5.75 Å². The van der Waals surface area contributed by atoms with E-state index in [9.17, 15) is 9.59 Å². The quantitative estimate of drug-likeness (QED) is 0.792. The molecule has 1 aromatic rings. The van der Waals surface area contributed by atoms with E-state index >= 15 is 0 Å². The summed E-state index contributed by atoms with van der Waals surface area (Å²) in [5.74, 6) is -0.643. The average molecular weight is 251 g/mol. The Morgan fingerprint density at radius 2 is 1.67 bits per heavy atom. The molecule has 98 valence electrons. The number of aryl methyl sites for hydroxylation is 3. The van der Waals surface area contributed by atoms with Gasteiger partial charge in [-0.1, -0.05) is 17.7 Å². The molecule has 0 fully saturated rings. The fourth-order valence-corrected chi connectivity index (χ4v) is 1.72. The highest BCUT2D eigenvalue weighted by molar-refractivity contribution is 5.79. The highest BCUT2D eigenvalue weighted by atomic mass is 16.6. The second-order valence-electron chi connectivity index (χ2n) is 4.14. The van der Waals surface area contributed by atoms with Gasteiger partial charge in [0, 0.05) is 0 Å². The zero-order valence-electron chi connectivity index (χ0n) is 10.8. The number of amides is 1. The molecule has 1 aromatic carbocycles. The Balaban J connectivity index is 2.58. The lowest BCUT2D eigenvalue weighted by molar-refractivity contribution is -0.149. The van der Waals surface area contributed by atoms with Gasteiger partial charge >= 0.3 is 5.97 Å². The predicted octanol–water partition coefficient (Wildman–Crippen LogP) is 1.02. The first kappa shape index (κ1) is 14.0. The minimum absolute atomic E-state index is 0.238. The SMILES string of the molecule is Cc1cc(C)c(OCC(=O)OCC(N)=O)c(C)c1. The Labute approximate surface area is 106 Å². The molecular formula is C13H17NO4. The van der Waals surface area contributed by atoms with Crippen molar-refractivity contribution in [1.82, 2.24) is 0 Å². The van der Waals surface area contributed by atoms with Crippen LogP contribution in [0.1, 0.15) is 16.7 Å². The van der Waals surface area contributed by atoms with E-state index in [2.05, 4.69) is 4.74 Å². The van der Waals surface area contributed by atoms with E-state index in [-0.39, 0.29) is 6.61 Å². The van der Waals surface area contributed by atoms with E-state index in [1.54, 1.807) is 0 Å². The molecule has 0 spiro atoms. The summed E-state index contributed by atoms with van der Waals surface area (Å²) in [5, 5.41) is 0. The van der Waals surface area contributed by atoms with E-state index in [0.717, 1.165) is 16.7 Å². The molecule has 0 heterocycles. The number of carbonyl (C=O) groups excluding carboxylic acids is 2. The van der Waals surface area contributed by atoms with Crippen LogP contribution in [0.2, 0.25) is 0 Å². The van der Waals surface area contributed by atoms with Gasteiger partial charge in [-0.15, -0.1) is 0 Å². The van der Waals surface area contributed by atoms with Crippen LogP contribution >= 0.6 is 0 Å². The number of benzene rings is 1. The summed E-state index contributed by atoms with van der Waals surface area (Å²) >= 11 is 0. The van der Waals surface area contributed by atoms with Crippen LogP contribution in [0.15, 0.2) is 12.1 Å². The molecule has 1 amide bonds. The molecule has 0 radical (unpaired) electrons. The number of rotatable bonds is 5. The molecule has 0 atom stereocenters. The van der Waals surface area contributed by atoms with Gasteiger partial charge in [0.25, 0.3) is 5.91 Å². The number of ether oxygens (including phenoxy) is 2. The van der Waals surface area contributed by atoms with Gasteiger partial charge in [0.15, 0.2) is 13.2 Å². The van der Waals surface area contributed by atoms with Gasteiger partial charge in [0.2, 0.25) is 0 Å². The maximum absolute atomic E-state index is 11.3. The van der Waals surface area contributed by atoms with Crippen molar-refractivity contribution in [3.8, 4) is 5.75 Å². The van der Waals surface area contributed by atoms with Crippen LogP contribution in [0.3, 0.4) is 0 Å². The smallest absolute Gasteiger partial charge is 0.344 e. The fraction of sp³-hybridized carbons (Fsp3) is 0.385. The van der Waals surface area contributed by atoms with E-state index < -0.39 is 18.5 Å². The number of carbonyl (C=O) groups is 2. The molecule has 5 heteroatoms. The standard InChI is InChI=1S/C13H17NO4/c1-8-4-9(2)13(10(3)5-8)18-7-12(16)17-6-11(14)15/h4-5H,6-7H2,1-3H3,(H2,14,15). The van der Waals surface area contributed by atoms with Crippen LogP contribution in [-0.4, -0.2) is 25.1 Å². The first-order valence-electron chi connectivity index (χ1n) is 5.54. The minimum atomic E-state index is -0.689. The zero-order chi connectivity index (χ0) is 13.7. The average Bonchev–Trinajstić information content (AvgIpc) is 2.24. The molecule has 0 bridgehead atoms. The third-order valence-corrected chi connectivity index (χ3v) is 2.31. The third kappa shape index (κ3) is 4.08. The van der Waals surface area contributed by atoms with Crippen LogP contribution in [0, 0.1) is 20.8 Å². The van der Waals surface area contributed by atoms with Crippen molar-refractivity contribution in [2.24, 2.45) is 5.73 Å². The van der Waals surface area contributed by atoms with Crippen molar-refractivity contribution in [1.29, 1.82) is 0 Å². The largest absolute Gasteiger partial charge is 0.481 e. The Hall–Kier alpha value is -2.04. The van der Waals surface area contributed by atoms with Gasteiger partial charge in [0.1, 0.15) is 5.75 Å². The molecule has 2 N–H and O–H groups in total. The molecule has 0 aliphatic rings. The monoisotopic (exact) mass is 251 g/mol. The summed E-state index contributed by atoms with van der Waals surface area (Å²) < 4.78 is 9.98. The van der Waals surface area contributed by atoms with Crippen molar-refractivity contribution in [3.63, 3.8) is 0 Å². The summed E-state index contributed by atoms with van der Waals surface area (Å²) in [6.07, 6.45) is 0. The molecule has 0 aromatic heterocycles. The van der Waals surface area contributed by atoms with Crippen molar-refractivity contribution in [2.45, 2.75) is 20.8 Å². The molecule has 0 saturated carbocycles. The summed E-state index contributed by atoms with van der Waals surface area (Å²) in [5.41, 5.74) is 7.90. The summed E-state index contributed by atoms with van der Waals surface area (Å²) in [7, 11) is 0. The van der Waals surface area contributed by atoms with E-state index in [4.69, 9.17) is 10.5 Å². The predicted molar refractivity (Wildman–Crippen MR) is 66.3 cm³/mol. The zero-order valence-corrected chi connectivity index (χ0v) is 10.8. The fourth-order valence-electron chi connectivity index (χ4n) is 1.72. The lowest BCUT2D eigenvalue weighted by Crippen LogP contribution is -2.24. The summed E-state index contributed by atoms with van der Waals surface area (Å²) in [6.45, 7) is 5.14. The second kappa shape index (κ2) is 6.05. The minimum Gasteiger partial charge on any atom is -0.481 e. The normalized spacial score (nSPS) is 9.94. The van der Waals surface area contributed by atoms with E-state index in [0.29, 0.717) is 5.75 Å². The van der Waals surface area contributed by atoms with Crippen molar-refractivity contribution in [2.75, 3.05) is 13.2 Å². The second-order valence-corrected chi connectivity index (χ2v) is 4.14. The molecule has 0 aliphatic heterocycles. The Kier molecular flexibility index (Phi) is 4.71. The van der Waals surface area contributed by atoms with Crippen LogP contribution in [0.25, 0.3) is 0 Å². The van der Waals surface area contributed by atoms with Crippen LogP contribution in [0.4, 0.5) is 0 Å². The number of primary amides is 1. The Bertz CT molecular complexity index is 445. The topological polar surface area (TPSA) is 78.6 Å². The first-order valence-corrected chi connectivity index (χ1v) is 5.54. The number of hydrogen-bond acceptors (Lipinski definition) is 4. The number of nitrogens with two attached hydrogens (primary N) is 1. The van der Waals surface area contributed by atoms with Crippen molar-refractivity contribution in [3.05, 3.63) is 28.8 Å². The number of hydrogen-bond donors (Lipinski definition) is 1. The molecule has 0 unspecified atom stereocenters.